The molecule has 0 atom stereocenters. The van der Waals surface area contributed by atoms with E-state index in [1.807, 2.05) is 31.2 Å². The molecule has 22 heavy (non-hydrogen) atoms. The van der Waals surface area contributed by atoms with Gasteiger partial charge in [-0.1, -0.05) is 36.9 Å². The molecule has 1 heterocycles. The fourth-order valence-corrected chi connectivity index (χ4v) is 2.47. The highest BCUT2D eigenvalue weighted by Gasteiger charge is 2.11. The van der Waals surface area contributed by atoms with Crippen LogP contribution in [-0.4, -0.2) is 21.6 Å². The Labute approximate surface area is 131 Å². The van der Waals surface area contributed by atoms with Crippen LogP contribution in [0.25, 0.3) is 0 Å². The van der Waals surface area contributed by atoms with Crippen LogP contribution in [0.5, 0.6) is 0 Å². The van der Waals surface area contributed by atoms with E-state index in [0.717, 1.165) is 11.8 Å². The van der Waals surface area contributed by atoms with Crippen LogP contribution < -0.4 is 10.9 Å². The van der Waals surface area contributed by atoms with Crippen molar-refractivity contribution in [2.45, 2.75) is 18.5 Å². The number of nitrogens with one attached hydrogen (secondary N) is 2. The highest BCUT2D eigenvalue weighted by molar-refractivity contribution is 7.99. The van der Waals surface area contributed by atoms with E-state index < -0.39 is 5.56 Å². The van der Waals surface area contributed by atoms with Crippen molar-refractivity contribution in [3.05, 3.63) is 51.9 Å². The summed E-state index contributed by atoms with van der Waals surface area (Å²) in [5.74, 6) is -0.0753. The summed E-state index contributed by atoms with van der Waals surface area (Å²) in [7, 11) is 0. The lowest BCUT2D eigenvalue weighted by molar-refractivity contribution is -0.113. The van der Waals surface area contributed by atoms with Crippen molar-refractivity contribution in [1.82, 2.24) is 9.97 Å². The van der Waals surface area contributed by atoms with Crippen LogP contribution in [0.15, 0.2) is 40.3 Å². The lowest BCUT2D eigenvalue weighted by Gasteiger charge is -2.06. The van der Waals surface area contributed by atoms with Crippen LogP contribution in [0, 0.1) is 11.3 Å². The number of carbonyl (C=O) groups excluding carboxylic acids is 1. The highest BCUT2D eigenvalue weighted by Crippen LogP contribution is 2.14. The van der Waals surface area contributed by atoms with Gasteiger partial charge in [0.2, 0.25) is 5.91 Å². The number of nitriles is 1. The van der Waals surface area contributed by atoms with Gasteiger partial charge >= 0.3 is 0 Å². The average molecular weight is 314 g/mol. The fraction of sp³-hybridized carbons (Fsp3) is 0.200. The van der Waals surface area contributed by atoms with Gasteiger partial charge in [0.05, 0.1) is 11.4 Å². The maximum Gasteiger partial charge on any atom is 0.269 e. The van der Waals surface area contributed by atoms with E-state index in [-0.39, 0.29) is 17.2 Å². The molecule has 6 nitrogen and oxygen atoms in total. The van der Waals surface area contributed by atoms with Crippen LogP contribution in [-0.2, 0) is 11.2 Å². The number of nitrogens with zero attached hydrogens (tertiary/aromatic N) is 2. The van der Waals surface area contributed by atoms with E-state index in [0.29, 0.717) is 23.0 Å². The minimum absolute atomic E-state index is 0.0283. The number of thioether (sulfide) groups is 1. The Morgan fingerprint density at radius 2 is 2.14 bits per heavy atom. The molecule has 0 bridgehead atoms. The Morgan fingerprint density at radius 3 is 2.77 bits per heavy atom. The Balaban J connectivity index is 2.03. The molecule has 0 aliphatic heterocycles. The van der Waals surface area contributed by atoms with Gasteiger partial charge < -0.3 is 10.3 Å². The predicted molar refractivity (Wildman–Crippen MR) is 84.7 cm³/mol. The highest BCUT2D eigenvalue weighted by atomic mass is 32.2. The summed E-state index contributed by atoms with van der Waals surface area (Å²) in [6, 6.07) is 10.9. The molecular weight excluding hydrogens is 300 g/mol. The number of hydrogen-bond donors (Lipinski definition) is 2. The molecule has 0 radical (unpaired) electrons. The van der Waals surface area contributed by atoms with Gasteiger partial charge in [-0.3, -0.25) is 9.59 Å². The zero-order valence-corrected chi connectivity index (χ0v) is 12.7. The topological polar surface area (TPSA) is 98.6 Å². The van der Waals surface area contributed by atoms with Gasteiger partial charge in [-0.15, -0.1) is 0 Å². The second-order valence-electron chi connectivity index (χ2n) is 4.36. The first-order chi connectivity index (χ1) is 10.6. The third kappa shape index (κ3) is 3.96. The van der Waals surface area contributed by atoms with Crippen molar-refractivity contribution < 1.29 is 4.79 Å². The Bertz CT molecular complexity index is 765. The number of para-hydroxylation sites is 1. The molecule has 0 saturated carbocycles. The second-order valence-corrected chi connectivity index (χ2v) is 5.33. The number of amides is 1. The fourth-order valence-electron chi connectivity index (χ4n) is 1.79. The number of anilines is 1. The predicted octanol–water partition coefficient (Wildman–Crippen LogP) is 1.93. The van der Waals surface area contributed by atoms with Crippen molar-refractivity contribution in [2.24, 2.45) is 0 Å². The average Bonchev–Trinajstić information content (AvgIpc) is 2.53. The van der Waals surface area contributed by atoms with Crippen LogP contribution in [0.3, 0.4) is 0 Å². The monoisotopic (exact) mass is 314 g/mol. The normalized spacial score (nSPS) is 10.0. The third-order valence-electron chi connectivity index (χ3n) is 2.82. The number of H-pyrrole nitrogens is 1. The van der Waals surface area contributed by atoms with E-state index in [9.17, 15) is 9.59 Å². The maximum atomic E-state index is 11.8. The van der Waals surface area contributed by atoms with Gasteiger partial charge in [0.15, 0.2) is 5.16 Å². The van der Waals surface area contributed by atoms with Gasteiger partial charge in [0, 0.05) is 5.69 Å². The van der Waals surface area contributed by atoms with E-state index in [1.165, 1.54) is 0 Å². The summed E-state index contributed by atoms with van der Waals surface area (Å²) < 4.78 is 0. The first-order valence-electron chi connectivity index (χ1n) is 6.65. The molecule has 0 spiro atoms. The summed E-state index contributed by atoms with van der Waals surface area (Å²) in [6.45, 7) is 1.82. The molecule has 0 aliphatic rings. The number of carbonyl (C=O) groups is 1. The largest absolute Gasteiger partial charge is 0.325 e. The number of aryl methyl sites for hydroxylation is 1. The number of hydrogen-bond acceptors (Lipinski definition) is 5. The van der Waals surface area contributed by atoms with Gasteiger partial charge in [0.25, 0.3) is 5.56 Å². The van der Waals surface area contributed by atoms with Crippen LogP contribution in [0.4, 0.5) is 5.69 Å². The summed E-state index contributed by atoms with van der Waals surface area (Å²) in [4.78, 5) is 30.3. The quantitative estimate of drug-likeness (QED) is 0.649. The molecule has 1 aromatic heterocycles. The van der Waals surface area contributed by atoms with Crippen molar-refractivity contribution >= 4 is 23.4 Å². The molecule has 2 aromatic rings. The second kappa shape index (κ2) is 7.43. The standard InChI is InChI=1S/C15H14N4O2S/c1-2-12-11(8-16)14(21)19-15(18-12)22-9-13(20)17-10-6-4-3-5-7-10/h3-7H,2,9H2,1H3,(H,17,20)(H,18,19,21). The minimum Gasteiger partial charge on any atom is -0.325 e. The van der Waals surface area contributed by atoms with Gasteiger partial charge in [0.1, 0.15) is 11.6 Å². The molecule has 2 rings (SSSR count). The lowest BCUT2D eigenvalue weighted by Crippen LogP contribution is -2.18. The Morgan fingerprint density at radius 1 is 1.41 bits per heavy atom. The molecule has 2 N–H and O–H groups in total. The Hall–Kier alpha value is -2.59. The Kier molecular flexibility index (Phi) is 5.33. The first-order valence-corrected chi connectivity index (χ1v) is 7.63. The summed E-state index contributed by atoms with van der Waals surface area (Å²) in [5, 5.41) is 12.0. The van der Waals surface area contributed by atoms with Crippen molar-refractivity contribution in [3.63, 3.8) is 0 Å². The summed E-state index contributed by atoms with van der Waals surface area (Å²) in [6.07, 6.45) is 0.483. The molecule has 1 amide bonds. The third-order valence-corrected chi connectivity index (χ3v) is 3.69. The zero-order chi connectivity index (χ0) is 15.9. The van der Waals surface area contributed by atoms with Crippen LogP contribution >= 0.6 is 11.8 Å². The van der Waals surface area contributed by atoms with Crippen LogP contribution in [0.1, 0.15) is 18.2 Å². The molecule has 0 aliphatic carbocycles. The molecular formula is C15H14N4O2S. The molecule has 0 unspecified atom stereocenters. The van der Waals surface area contributed by atoms with Gasteiger partial charge in [-0.05, 0) is 18.6 Å². The van der Waals surface area contributed by atoms with E-state index in [1.54, 1.807) is 12.1 Å². The number of aromatic amines is 1. The lowest BCUT2D eigenvalue weighted by atomic mass is 10.2. The first kappa shape index (κ1) is 15.8. The van der Waals surface area contributed by atoms with Crippen LogP contribution in [0.2, 0.25) is 0 Å². The molecule has 7 heteroatoms. The molecule has 0 fully saturated rings. The summed E-state index contributed by atoms with van der Waals surface area (Å²) >= 11 is 1.12. The van der Waals surface area contributed by atoms with E-state index in [4.69, 9.17) is 5.26 Å². The smallest absolute Gasteiger partial charge is 0.269 e. The van der Waals surface area contributed by atoms with Gasteiger partial charge in [-0.25, -0.2) is 4.98 Å². The van der Waals surface area contributed by atoms with Crippen molar-refractivity contribution in [1.29, 1.82) is 5.26 Å². The van der Waals surface area contributed by atoms with E-state index >= 15 is 0 Å². The zero-order valence-electron chi connectivity index (χ0n) is 11.9. The SMILES string of the molecule is CCc1nc(SCC(=O)Nc2ccccc2)[nH]c(=O)c1C#N. The molecule has 112 valence electrons. The van der Waals surface area contributed by atoms with Crippen molar-refractivity contribution in [2.75, 3.05) is 11.1 Å². The minimum atomic E-state index is -0.472. The van der Waals surface area contributed by atoms with Crippen molar-refractivity contribution in [3.8, 4) is 6.07 Å². The molecule has 0 saturated heterocycles. The summed E-state index contributed by atoms with van der Waals surface area (Å²) in [5.41, 5.74) is 0.710. The number of rotatable bonds is 5. The number of benzene rings is 1. The number of aromatic nitrogens is 2. The van der Waals surface area contributed by atoms with E-state index in [2.05, 4.69) is 15.3 Å². The molecule has 1 aromatic carbocycles. The van der Waals surface area contributed by atoms with Gasteiger partial charge in [-0.2, -0.15) is 5.26 Å². The maximum absolute atomic E-state index is 11.8.